The highest BCUT2D eigenvalue weighted by Gasteiger charge is 2.35. The molecule has 0 bridgehead atoms. The van der Waals surface area contributed by atoms with Crippen LogP contribution < -0.4 is 0 Å². The molecular formula is C23H35N3O2. The third-order valence-electron chi connectivity index (χ3n) is 6.33. The highest BCUT2D eigenvalue weighted by molar-refractivity contribution is 5.79. The third kappa shape index (κ3) is 5.57. The maximum atomic E-state index is 12.9. The Morgan fingerprint density at radius 3 is 2.07 bits per heavy atom. The Labute approximate surface area is 169 Å². The minimum Gasteiger partial charge on any atom is -0.339 e. The standard InChI is InChI=1S/C23H35N3O2/c1-3-24(4-2)13-12-22(27)25-14-16-26(17-15-25)23(28)18-21(20-10-11-20)19-8-6-5-7-9-19/h5-9,20-21H,3-4,10-18H2,1-2H3. The molecule has 1 aromatic carbocycles. The number of hydrogen-bond donors (Lipinski definition) is 0. The number of carbonyl (C=O) groups is 2. The lowest BCUT2D eigenvalue weighted by Crippen LogP contribution is -2.51. The number of amides is 2. The Balaban J connectivity index is 1.46. The molecule has 2 fully saturated rings. The molecule has 5 heteroatoms. The van der Waals surface area contributed by atoms with Gasteiger partial charge in [-0.1, -0.05) is 44.2 Å². The molecule has 2 aliphatic rings. The molecule has 3 rings (SSSR count). The van der Waals surface area contributed by atoms with Gasteiger partial charge in [0, 0.05) is 45.6 Å². The highest BCUT2D eigenvalue weighted by Crippen LogP contribution is 2.44. The first-order valence-corrected chi connectivity index (χ1v) is 10.9. The number of benzene rings is 1. The van der Waals surface area contributed by atoms with E-state index in [1.54, 1.807) is 0 Å². The molecule has 0 radical (unpaired) electrons. The van der Waals surface area contributed by atoms with Crippen LogP contribution in [0.2, 0.25) is 0 Å². The van der Waals surface area contributed by atoms with Crippen LogP contribution in [0.1, 0.15) is 51.0 Å². The smallest absolute Gasteiger partial charge is 0.223 e. The van der Waals surface area contributed by atoms with E-state index in [4.69, 9.17) is 0 Å². The lowest BCUT2D eigenvalue weighted by Gasteiger charge is -2.36. The van der Waals surface area contributed by atoms with Gasteiger partial charge in [-0.25, -0.2) is 0 Å². The van der Waals surface area contributed by atoms with E-state index in [1.807, 2.05) is 15.9 Å². The monoisotopic (exact) mass is 385 g/mol. The second kappa shape index (κ2) is 10.1. The first-order valence-electron chi connectivity index (χ1n) is 10.9. The van der Waals surface area contributed by atoms with Crippen molar-refractivity contribution < 1.29 is 9.59 Å². The normalized spacial score (nSPS) is 18.4. The fourth-order valence-corrected chi connectivity index (χ4v) is 4.23. The number of rotatable bonds is 9. The van der Waals surface area contributed by atoms with Crippen molar-refractivity contribution in [2.45, 2.75) is 45.4 Å². The second-order valence-electron chi connectivity index (χ2n) is 8.10. The van der Waals surface area contributed by atoms with Crippen molar-refractivity contribution in [3.05, 3.63) is 35.9 Å². The quantitative estimate of drug-likeness (QED) is 0.656. The second-order valence-corrected chi connectivity index (χ2v) is 8.10. The van der Waals surface area contributed by atoms with Crippen LogP contribution in [-0.2, 0) is 9.59 Å². The Bertz CT molecular complexity index is 633. The lowest BCUT2D eigenvalue weighted by molar-refractivity contribution is -0.140. The van der Waals surface area contributed by atoms with Crippen molar-refractivity contribution >= 4 is 11.8 Å². The summed E-state index contributed by atoms with van der Waals surface area (Å²) in [6, 6.07) is 10.5. The molecule has 0 N–H and O–H groups in total. The van der Waals surface area contributed by atoms with Crippen molar-refractivity contribution in [1.82, 2.24) is 14.7 Å². The van der Waals surface area contributed by atoms with Gasteiger partial charge >= 0.3 is 0 Å². The molecule has 1 saturated carbocycles. The van der Waals surface area contributed by atoms with Gasteiger partial charge in [0.15, 0.2) is 0 Å². The third-order valence-corrected chi connectivity index (χ3v) is 6.33. The van der Waals surface area contributed by atoms with E-state index in [0.29, 0.717) is 50.9 Å². The number of carbonyl (C=O) groups excluding carboxylic acids is 2. The van der Waals surface area contributed by atoms with Crippen molar-refractivity contribution in [2.75, 3.05) is 45.8 Å². The Kier molecular flexibility index (Phi) is 7.49. The first-order chi connectivity index (χ1) is 13.6. The molecule has 28 heavy (non-hydrogen) atoms. The molecule has 1 aliphatic heterocycles. The Morgan fingerprint density at radius 1 is 0.964 bits per heavy atom. The summed E-state index contributed by atoms with van der Waals surface area (Å²) >= 11 is 0. The first kappa shape index (κ1) is 20.8. The van der Waals surface area contributed by atoms with E-state index >= 15 is 0 Å². The Morgan fingerprint density at radius 2 is 1.54 bits per heavy atom. The van der Waals surface area contributed by atoms with E-state index < -0.39 is 0 Å². The van der Waals surface area contributed by atoms with Crippen LogP contribution in [0.3, 0.4) is 0 Å². The topological polar surface area (TPSA) is 43.9 Å². The average molecular weight is 386 g/mol. The highest BCUT2D eigenvalue weighted by atomic mass is 16.2. The molecule has 1 unspecified atom stereocenters. The molecule has 154 valence electrons. The largest absolute Gasteiger partial charge is 0.339 e. The summed E-state index contributed by atoms with van der Waals surface area (Å²) < 4.78 is 0. The molecule has 1 aromatic rings. The van der Waals surface area contributed by atoms with Crippen LogP contribution in [0.5, 0.6) is 0 Å². The fourth-order valence-electron chi connectivity index (χ4n) is 4.23. The minimum absolute atomic E-state index is 0.221. The van der Waals surface area contributed by atoms with Crippen LogP contribution >= 0.6 is 0 Å². The van der Waals surface area contributed by atoms with Gasteiger partial charge in [-0.3, -0.25) is 9.59 Å². The average Bonchev–Trinajstić information content (AvgIpc) is 3.58. The summed E-state index contributed by atoms with van der Waals surface area (Å²) in [7, 11) is 0. The van der Waals surface area contributed by atoms with Gasteiger partial charge in [0.05, 0.1) is 0 Å². The number of nitrogens with zero attached hydrogens (tertiary/aromatic N) is 3. The Hall–Kier alpha value is -1.88. The molecule has 0 spiro atoms. The minimum atomic E-state index is 0.221. The summed E-state index contributed by atoms with van der Waals surface area (Å²) in [5.41, 5.74) is 1.29. The number of piperazine rings is 1. The lowest BCUT2D eigenvalue weighted by atomic mass is 9.90. The SMILES string of the molecule is CCN(CC)CCC(=O)N1CCN(C(=O)CC(c2ccccc2)C2CC2)CC1. The van der Waals surface area contributed by atoms with Crippen LogP contribution in [0.4, 0.5) is 0 Å². The van der Waals surface area contributed by atoms with Gasteiger partial charge in [-0.2, -0.15) is 0 Å². The van der Waals surface area contributed by atoms with Crippen molar-refractivity contribution in [2.24, 2.45) is 5.92 Å². The molecule has 2 amide bonds. The maximum absolute atomic E-state index is 12.9. The zero-order chi connectivity index (χ0) is 19.9. The summed E-state index contributed by atoms with van der Waals surface area (Å²) in [5.74, 6) is 1.48. The van der Waals surface area contributed by atoms with Crippen LogP contribution in [0.15, 0.2) is 30.3 Å². The predicted molar refractivity (Wildman–Crippen MR) is 112 cm³/mol. The van der Waals surface area contributed by atoms with Crippen LogP contribution in [0.25, 0.3) is 0 Å². The molecular weight excluding hydrogens is 350 g/mol. The van der Waals surface area contributed by atoms with Gasteiger partial charge in [0.1, 0.15) is 0 Å². The van der Waals surface area contributed by atoms with Gasteiger partial charge in [-0.05, 0) is 43.3 Å². The molecule has 5 nitrogen and oxygen atoms in total. The summed E-state index contributed by atoms with van der Waals surface area (Å²) in [6.07, 6.45) is 3.65. The molecule has 0 aromatic heterocycles. The van der Waals surface area contributed by atoms with Gasteiger partial charge in [-0.15, -0.1) is 0 Å². The van der Waals surface area contributed by atoms with E-state index in [1.165, 1.54) is 18.4 Å². The molecule has 1 aliphatic carbocycles. The van der Waals surface area contributed by atoms with E-state index in [9.17, 15) is 9.59 Å². The summed E-state index contributed by atoms with van der Waals surface area (Å²) in [4.78, 5) is 31.5. The molecule has 1 atom stereocenters. The van der Waals surface area contributed by atoms with E-state index in [2.05, 4.69) is 43.0 Å². The molecule has 1 saturated heterocycles. The molecule has 1 heterocycles. The summed E-state index contributed by atoms with van der Waals surface area (Å²) in [6.45, 7) is 9.72. The van der Waals surface area contributed by atoms with Crippen molar-refractivity contribution in [3.63, 3.8) is 0 Å². The van der Waals surface area contributed by atoms with E-state index in [-0.39, 0.29) is 11.8 Å². The zero-order valence-electron chi connectivity index (χ0n) is 17.5. The predicted octanol–water partition coefficient (Wildman–Crippen LogP) is 2.97. The van der Waals surface area contributed by atoms with Gasteiger partial charge < -0.3 is 14.7 Å². The van der Waals surface area contributed by atoms with Crippen molar-refractivity contribution in [1.29, 1.82) is 0 Å². The van der Waals surface area contributed by atoms with Crippen LogP contribution in [0, 0.1) is 5.92 Å². The van der Waals surface area contributed by atoms with Gasteiger partial charge in [0.25, 0.3) is 0 Å². The fraction of sp³-hybridized carbons (Fsp3) is 0.652. The number of hydrogen-bond acceptors (Lipinski definition) is 3. The van der Waals surface area contributed by atoms with E-state index in [0.717, 1.165) is 19.6 Å². The van der Waals surface area contributed by atoms with Crippen LogP contribution in [-0.4, -0.2) is 72.3 Å². The van der Waals surface area contributed by atoms with Crippen molar-refractivity contribution in [3.8, 4) is 0 Å². The summed E-state index contributed by atoms with van der Waals surface area (Å²) in [5, 5.41) is 0. The zero-order valence-corrected chi connectivity index (χ0v) is 17.5. The maximum Gasteiger partial charge on any atom is 0.223 e. The van der Waals surface area contributed by atoms with Gasteiger partial charge in [0.2, 0.25) is 11.8 Å².